The van der Waals surface area contributed by atoms with Crippen LogP contribution in [0.2, 0.25) is 0 Å². The second-order valence-electron chi connectivity index (χ2n) is 5.75. The number of benzene rings is 1. The molecule has 1 aromatic carbocycles. The van der Waals surface area contributed by atoms with Crippen molar-refractivity contribution in [2.24, 2.45) is 0 Å². The van der Waals surface area contributed by atoms with Gasteiger partial charge in [-0.15, -0.1) is 11.3 Å². The highest BCUT2D eigenvalue weighted by atomic mass is 32.2. The van der Waals surface area contributed by atoms with Gasteiger partial charge in [-0.1, -0.05) is 30.3 Å². The molecule has 0 radical (unpaired) electrons. The lowest BCUT2D eigenvalue weighted by atomic mass is 9.92. The maximum absolute atomic E-state index is 12.7. The number of rotatable bonds is 4. The third-order valence-corrected chi connectivity index (χ3v) is 6.32. The molecule has 0 unspecified atom stereocenters. The summed E-state index contributed by atoms with van der Waals surface area (Å²) in [6.45, 7) is 1.78. The molecule has 1 aliphatic heterocycles. The van der Waals surface area contributed by atoms with Crippen molar-refractivity contribution in [2.45, 2.75) is 25.3 Å². The summed E-state index contributed by atoms with van der Waals surface area (Å²) in [6.07, 6.45) is 0.893. The van der Waals surface area contributed by atoms with Crippen molar-refractivity contribution < 1.29 is 14.7 Å². The molecule has 0 bridgehead atoms. The van der Waals surface area contributed by atoms with Crippen LogP contribution in [0.25, 0.3) is 10.6 Å². The number of aliphatic carboxylic acids is 1. The zero-order valence-electron chi connectivity index (χ0n) is 13.2. The Labute approximate surface area is 148 Å². The number of nitrogens with zero attached hydrogens (tertiary/aromatic N) is 1. The van der Waals surface area contributed by atoms with E-state index >= 15 is 0 Å². The van der Waals surface area contributed by atoms with Gasteiger partial charge in [0, 0.05) is 5.56 Å². The summed E-state index contributed by atoms with van der Waals surface area (Å²) in [6, 6.07) is 9.65. The number of amides is 1. The molecule has 2 N–H and O–H groups in total. The molecular weight excluding hydrogens is 344 g/mol. The average molecular weight is 362 g/mol. The molecule has 0 spiro atoms. The zero-order valence-corrected chi connectivity index (χ0v) is 14.9. The molecular formula is C17H18N2O3S2. The number of hydrogen-bond acceptors (Lipinski definition) is 5. The molecule has 2 heterocycles. The van der Waals surface area contributed by atoms with Gasteiger partial charge in [-0.3, -0.25) is 4.79 Å². The summed E-state index contributed by atoms with van der Waals surface area (Å²) in [5.74, 6) is 0.177. The van der Waals surface area contributed by atoms with Crippen LogP contribution < -0.4 is 5.32 Å². The van der Waals surface area contributed by atoms with Gasteiger partial charge >= 0.3 is 5.97 Å². The topological polar surface area (TPSA) is 79.3 Å². The summed E-state index contributed by atoms with van der Waals surface area (Å²) in [4.78, 5) is 29.3. The number of aromatic nitrogens is 1. The highest BCUT2D eigenvalue weighted by Gasteiger charge is 2.41. The van der Waals surface area contributed by atoms with E-state index in [2.05, 4.69) is 10.3 Å². The number of thioether (sulfide) groups is 1. The summed E-state index contributed by atoms with van der Waals surface area (Å²) in [5.41, 5.74) is 0.416. The molecule has 1 aliphatic rings. The molecule has 2 aromatic rings. The zero-order chi connectivity index (χ0) is 17.2. The van der Waals surface area contributed by atoms with Crippen molar-refractivity contribution in [3.05, 3.63) is 40.9 Å². The van der Waals surface area contributed by atoms with Crippen LogP contribution in [-0.2, 0) is 4.79 Å². The van der Waals surface area contributed by atoms with Gasteiger partial charge in [0.15, 0.2) is 0 Å². The minimum Gasteiger partial charge on any atom is -0.480 e. The average Bonchev–Trinajstić information content (AvgIpc) is 2.98. The van der Waals surface area contributed by atoms with Crippen LogP contribution in [0.1, 0.15) is 28.2 Å². The van der Waals surface area contributed by atoms with E-state index in [1.54, 1.807) is 18.7 Å². The molecule has 1 amide bonds. The first-order valence-electron chi connectivity index (χ1n) is 7.68. The number of hydrogen-bond donors (Lipinski definition) is 2. The maximum atomic E-state index is 12.7. The second-order valence-corrected chi connectivity index (χ2v) is 7.98. The molecule has 0 saturated carbocycles. The molecule has 1 saturated heterocycles. The lowest BCUT2D eigenvalue weighted by Gasteiger charge is -2.33. The van der Waals surface area contributed by atoms with Crippen molar-refractivity contribution >= 4 is 35.0 Å². The molecule has 1 aromatic heterocycles. The van der Waals surface area contributed by atoms with Gasteiger partial charge in [-0.25, -0.2) is 9.78 Å². The van der Waals surface area contributed by atoms with E-state index in [0.717, 1.165) is 22.1 Å². The Morgan fingerprint density at radius 1 is 1.21 bits per heavy atom. The van der Waals surface area contributed by atoms with Gasteiger partial charge in [-0.2, -0.15) is 11.8 Å². The number of carbonyl (C=O) groups excluding carboxylic acids is 1. The highest BCUT2D eigenvalue weighted by Crippen LogP contribution is 2.31. The summed E-state index contributed by atoms with van der Waals surface area (Å²) >= 11 is 3.02. The first-order valence-corrected chi connectivity index (χ1v) is 9.65. The van der Waals surface area contributed by atoms with E-state index in [1.807, 2.05) is 30.3 Å². The number of carbonyl (C=O) groups is 2. The third kappa shape index (κ3) is 3.32. The fraction of sp³-hybridized carbons (Fsp3) is 0.353. The standard InChI is InChI=1S/C17H18N2O3S2/c1-11-13(24-15(18-11)12-5-3-2-4-6-12)14(20)19-17(16(21)22)7-9-23-10-8-17/h2-6H,7-10H2,1H3,(H,19,20)(H,21,22). The number of carboxylic acid groups (broad SMARTS) is 1. The van der Waals surface area contributed by atoms with Gasteiger partial charge in [0.1, 0.15) is 15.4 Å². The molecule has 24 heavy (non-hydrogen) atoms. The normalized spacial score (nSPS) is 16.5. The third-order valence-electron chi connectivity index (χ3n) is 4.13. The SMILES string of the molecule is Cc1nc(-c2ccccc2)sc1C(=O)NC1(C(=O)O)CCSCC1. The monoisotopic (exact) mass is 362 g/mol. The van der Waals surface area contributed by atoms with Crippen LogP contribution in [0.15, 0.2) is 30.3 Å². The maximum Gasteiger partial charge on any atom is 0.329 e. The Bertz CT molecular complexity index is 752. The van der Waals surface area contributed by atoms with Crippen LogP contribution in [0.5, 0.6) is 0 Å². The fourth-order valence-corrected chi connectivity index (χ4v) is 4.85. The number of nitrogens with one attached hydrogen (secondary N) is 1. The van der Waals surface area contributed by atoms with Gasteiger partial charge in [0.25, 0.3) is 5.91 Å². The molecule has 0 atom stereocenters. The molecule has 0 aliphatic carbocycles. The first kappa shape index (κ1) is 17.0. The minimum atomic E-state index is -1.16. The van der Waals surface area contributed by atoms with Crippen LogP contribution in [0.3, 0.4) is 0 Å². The Morgan fingerprint density at radius 2 is 1.88 bits per heavy atom. The number of aryl methyl sites for hydroxylation is 1. The molecule has 1 fully saturated rings. The lowest BCUT2D eigenvalue weighted by Crippen LogP contribution is -2.56. The van der Waals surface area contributed by atoms with Gasteiger partial charge < -0.3 is 10.4 Å². The van der Waals surface area contributed by atoms with Gasteiger partial charge in [0.2, 0.25) is 0 Å². The molecule has 3 rings (SSSR count). The van der Waals surface area contributed by atoms with Gasteiger partial charge in [-0.05, 0) is 31.3 Å². The van der Waals surface area contributed by atoms with Crippen molar-refractivity contribution in [3.63, 3.8) is 0 Å². The molecule has 5 nitrogen and oxygen atoms in total. The predicted octanol–water partition coefficient (Wildman–Crippen LogP) is 3.20. The minimum absolute atomic E-state index is 0.346. The molecule has 126 valence electrons. The highest BCUT2D eigenvalue weighted by molar-refractivity contribution is 7.99. The second kappa shape index (κ2) is 6.94. The van der Waals surface area contributed by atoms with Crippen molar-refractivity contribution in [2.75, 3.05) is 11.5 Å². The summed E-state index contributed by atoms with van der Waals surface area (Å²) in [7, 11) is 0. The number of thiazole rings is 1. The summed E-state index contributed by atoms with van der Waals surface area (Å²) < 4.78 is 0. The predicted molar refractivity (Wildman–Crippen MR) is 96.7 cm³/mol. The Morgan fingerprint density at radius 3 is 2.50 bits per heavy atom. The van der Waals surface area contributed by atoms with E-state index in [1.165, 1.54) is 11.3 Å². The van der Waals surface area contributed by atoms with Crippen LogP contribution in [-0.4, -0.2) is 39.0 Å². The Balaban J connectivity index is 1.85. The smallest absolute Gasteiger partial charge is 0.329 e. The van der Waals surface area contributed by atoms with Crippen LogP contribution in [0, 0.1) is 6.92 Å². The largest absolute Gasteiger partial charge is 0.480 e. The summed E-state index contributed by atoms with van der Waals surface area (Å²) in [5, 5.41) is 13.1. The first-order chi connectivity index (χ1) is 11.5. The van der Waals surface area contributed by atoms with E-state index < -0.39 is 11.5 Å². The van der Waals surface area contributed by atoms with Crippen molar-refractivity contribution in [1.29, 1.82) is 0 Å². The molecule has 7 heteroatoms. The van der Waals surface area contributed by atoms with Crippen molar-refractivity contribution in [1.82, 2.24) is 10.3 Å². The quantitative estimate of drug-likeness (QED) is 0.873. The van der Waals surface area contributed by atoms with Crippen LogP contribution in [0.4, 0.5) is 0 Å². The van der Waals surface area contributed by atoms with E-state index in [4.69, 9.17) is 0 Å². The van der Waals surface area contributed by atoms with Crippen LogP contribution >= 0.6 is 23.1 Å². The van der Waals surface area contributed by atoms with Crippen molar-refractivity contribution in [3.8, 4) is 10.6 Å². The fourth-order valence-electron chi connectivity index (χ4n) is 2.70. The van der Waals surface area contributed by atoms with Gasteiger partial charge in [0.05, 0.1) is 5.69 Å². The van der Waals surface area contributed by atoms with E-state index in [-0.39, 0.29) is 5.91 Å². The lowest BCUT2D eigenvalue weighted by molar-refractivity contribution is -0.144. The Kier molecular flexibility index (Phi) is 4.91. The van der Waals surface area contributed by atoms with E-state index in [9.17, 15) is 14.7 Å². The number of carboxylic acids is 1. The Hall–Kier alpha value is -1.86. The van der Waals surface area contributed by atoms with E-state index in [0.29, 0.717) is 23.4 Å².